The number of pyridine rings is 1. The summed E-state index contributed by atoms with van der Waals surface area (Å²) in [5, 5.41) is 0.867. The summed E-state index contributed by atoms with van der Waals surface area (Å²) in [7, 11) is 0. The van der Waals surface area contributed by atoms with Crippen LogP contribution in [0.5, 0.6) is 0 Å². The molecule has 5 nitrogen and oxygen atoms in total. The Hall–Kier alpha value is -2.17. The first-order valence-corrected chi connectivity index (χ1v) is 6.43. The Morgan fingerprint density at radius 1 is 1.35 bits per heavy atom. The lowest BCUT2D eigenvalue weighted by Gasteiger charge is -2.25. The van der Waals surface area contributed by atoms with E-state index in [1.165, 1.54) is 13.8 Å². The summed E-state index contributed by atoms with van der Waals surface area (Å²) in [5.41, 5.74) is 0.862. The molecule has 0 aliphatic rings. The monoisotopic (exact) mass is 274 g/mol. The highest BCUT2D eigenvalue weighted by atomic mass is 16.6. The van der Waals surface area contributed by atoms with E-state index in [4.69, 9.17) is 4.74 Å². The van der Waals surface area contributed by atoms with Gasteiger partial charge in [-0.2, -0.15) is 0 Å². The van der Waals surface area contributed by atoms with Crippen molar-refractivity contribution in [1.29, 1.82) is 0 Å². The molecule has 0 fully saturated rings. The zero-order valence-electron chi connectivity index (χ0n) is 12.1. The van der Waals surface area contributed by atoms with Crippen LogP contribution in [0.15, 0.2) is 24.7 Å². The highest BCUT2D eigenvalue weighted by Crippen LogP contribution is 2.24. The molecule has 2 aromatic heterocycles. The lowest BCUT2D eigenvalue weighted by atomic mass is 10.1. The van der Waals surface area contributed by atoms with E-state index >= 15 is 0 Å². The molecular formula is C15H18N2O3. The summed E-state index contributed by atoms with van der Waals surface area (Å²) in [6.07, 6.45) is 5.17. The van der Waals surface area contributed by atoms with Crippen molar-refractivity contribution in [3.05, 3.63) is 30.2 Å². The van der Waals surface area contributed by atoms with Crippen molar-refractivity contribution >= 4 is 22.7 Å². The standard InChI is InChI=1S/C15H18N2O3/c1-10(18)13-8-17(9-15(3,4)20-11(2)19)14-7-16-6-5-12(13)14/h5-8H,9H2,1-4H3. The normalized spacial score (nSPS) is 11.6. The maximum atomic E-state index is 11.7. The number of carbonyl (C=O) groups is 2. The van der Waals surface area contributed by atoms with Gasteiger partial charge in [0.2, 0.25) is 0 Å². The molecule has 0 atom stereocenters. The van der Waals surface area contributed by atoms with Crippen molar-refractivity contribution in [1.82, 2.24) is 9.55 Å². The quantitative estimate of drug-likeness (QED) is 0.635. The molecule has 0 saturated carbocycles. The lowest BCUT2D eigenvalue weighted by molar-refractivity contribution is -0.154. The van der Waals surface area contributed by atoms with E-state index in [-0.39, 0.29) is 11.8 Å². The van der Waals surface area contributed by atoms with Gasteiger partial charge in [-0.3, -0.25) is 14.6 Å². The third-order valence-corrected chi connectivity index (χ3v) is 3.04. The first kappa shape index (κ1) is 14.2. The van der Waals surface area contributed by atoms with Gasteiger partial charge in [-0.15, -0.1) is 0 Å². The minimum atomic E-state index is -0.651. The molecule has 0 aromatic carbocycles. The zero-order chi connectivity index (χ0) is 14.9. The number of hydrogen-bond donors (Lipinski definition) is 0. The van der Waals surface area contributed by atoms with Crippen LogP contribution >= 0.6 is 0 Å². The van der Waals surface area contributed by atoms with E-state index in [9.17, 15) is 9.59 Å². The SMILES string of the molecule is CC(=O)OC(C)(C)Cn1cc(C(C)=O)c2ccncc21. The molecule has 2 heterocycles. The summed E-state index contributed by atoms with van der Waals surface area (Å²) in [6.45, 7) is 7.06. The average Bonchev–Trinajstić information content (AvgIpc) is 2.66. The second-order valence-electron chi connectivity index (χ2n) is 5.47. The third-order valence-electron chi connectivity index (χ3n) is 3.04. The molecule has 2 rings (SSSR count). The molecule has 0 bridgehead atoms. The molecule has 0 aliphatic carbocycles. The Morgan fingerprint density at radius 3 is 2.65 bits per heavy atom. The van der Waals surface area contributed by atoms with Crippen molar-refractivity contribution in [2.75, 3.05) is 0 Å². The van der Waals surface area contributed by atoms with Gasteiger partial charge >= 0.3 is 5.97 Å². The molecule has 0 saturated heterocycles. The highest BCUT2D eigenvalue weighted by Gasteiger charge is 2.24. The molecule has 106 valence electrons. The van der Waals surface area contributed by atoms with Gasteiger partial charge in [0.15, 0.2) is 5.78 Å². The number of fused-ring (bicyclic) bond motifs is 1. The van der Waals surface area contributed by atoms with Crippen LogP contribution in [0.4, 0.5) is 0 Å². The number of nitrogens with zero attached hydrogens (tertiary/aromatic N) is 2. The van der Waals surface area contributed by atoms with E-state index in [1.54, 1.807) is 18.6 Å². The van der Waals surface area contributed by atoms with Crippen LogP contribution < -0.4 is 0 Å². The summed E-state index contributed by atoms with van der Waals surface area (Å²) < 4.78 is 7.20. The van der Waals surface area contributed by atoms with Crippen molar-refractivity contribution in [2.45, 2.75) is 39.8 Å². The predicted octanol–water partition coefficient (Wildman–Crippen LogP) is 2.58. The number of Topliss-reactive ketones (excluding diaryl/α,β-unsaturated/α-hetero) is 1. The molecule has 0 amide bonds. The smallest absolute Gasteiger partial charge is 0.303 e. The number of esters is 1. The topological polar surface area (TPSA) is 61.2 Å². The van der Waals surface area contributed by atoms with E-state index in [2.05, 4.69) is 4.98 Å². The fraction of sp³-hybridized carbons (Fsp3) is 0.400. The number of hydrogen-bond acceptors (Lipinski definition) is 4. The first-order valence-electron chi connectivity index (χ1n) is 6.43. The molecule has 5 heteroatoms. The molecule has 0 unspecified atom stereocenters. The van der Waals surface area contributed by atoms with Crippen molar-refractivity contribution < 1.29 is 14.3 Å². The Labute approximate surface area is 117 Å². The van der Waals surface area contributed by atoms with Crippen LogP contribution in [0.1, 0.15) is 38.1 Å². The summed E-state index contributed by atoms with van der Waals surface area (Å²) in [6, 6.07) is 1.82. The van der Waals surface area contributed by atoms with Crippen molar-refractivity contribution in [2.24, 2.45) is 0 Å². The Kier molecular flexibility index (Phi) is 3.61. The molecule has 20 heavy (non-hydrogen) atoms. The van der Waals surface area contributed by atoms with Crippen molar-refractivity contribution in [3.8, 4) is 0 Å². The van der Waals surface area contributed by atoms with Gasteiger partial charge in [0.05, 0.1) is 18.3 Å². The van der Waals surface area contributed by atoms with Crippen LogP contribution in [-0.4, -0.2) is 26.9 Å². The van der Waals surface area contributed by atoms with Gasteiger partial charge in [0.1, 0.15) is 5.60 Å². The highest BCUT2D eigenvalue weighted by molar-refractivity contribution is 6.06. The van der Waals surface area contributed by atoms with Gasteiger partial charge in [-0.25, -0.2) is 0 Å². The van der Waals surface area contributed by atoms with Crippen molar-refractivity contribution in [3.63, 3.8) is 0 Å². The van der Waals surface area contributed by atoms with Crippen LogP contribution in [-0.2, 0) is 16.1 Å². The molecule has 0 radical (unpaired) electrons. The van der Waals surface area contributed by atoms with Crippen LogP contribution in [0.25, 0.3) is 10.9 Å². The fourth-order valence-electron chi connectivity index (χ4n) is 2.38. The first-order chi connectivity index (χ1) is 9.30. The number of aromatic nitrogens is 2. The van der Waals surface area contributed by atoms with Crippen LogP contribution in [0, 0.1) is 0 Å². The second kappa shape index (κ2) is 5.07. The summed E-state index contributed by atoms with van der Waals surface area (Å²) >= 11 is 0. The predicted molar refractivity (Wildman–Crippen MR) is 75.6 cm³/mol. The number of rotatable bonds is 4. The van der Waals surface area contributed by atoms with E-state index in [0.29, 0.717) is 12.1 Å². The van der Waals surface area contributed by atoms with Gasteiger partial charge in [0, 0.05) is 30.3 Å². The van der Waals surface area contributed by atoms with Crippen LogP contribution in [0.3, 0.4) is 0 Å². The number of carbonyl (C=O) groups excluding carboxylic acids is 2. The molecule has 0 N–H and O–H groups in total. The maximum Gasteiger partial charge on any atom is 0.303 e. The number of ether oxygens (including phenoxy) is 1. The minimum Gasteiger partial charge on any atom is -0.458 e. The maximum absolute atomic E-state index is 11.7. The van der Waals surface area contributed by atoms with E-state index in [1.807, 2.05) is 24.5 Å². The van der Waals surface area contributed by atoms with Crippen LogP contribution in [0.2, 0.25) is 0 Å². The van der Waals surface area contributed by atoms with Gasteiger partial charge in [-0.05, 0) is 26.8 Å². The molecule has 0 aliphatic heterocycles. The minimum absolute atomic E-state index is 0.00485. The second-order valence-corrected chi connectivity index (χ2v) is 5.47. The Morgan fingerprint density at radius 2 is 2.05 bits per heavy atom. The molecule has 2 aromatic rings. The zero-order valence-corrected chi connectivity index (χ0v) is 12.1. The molecular weight excluding hydrogens is 256 g/mol. The Balaban J connectivity index is 2.45. The van der Waals surface area contributed by atoms with Gasteiger partial charge in [0.25, 0.3) is 0 Å². The van der Waals surface area contributed by atoms with E-state index in [0.717, 1.165) is 10.9 Å². The van der Waals surface area contributed by atoms with E-state index < -0.39 is 5.60 Å². The summed E-state index contributed by atoms with van der Waals surface area (Å²) in [4.78, 5) is 26.9. The third kappa shape index (κ3) is 2.87. The average molecular weight is 274 g/mol. The largest absolute Gasteiger partial charge is 0.458 e. The fourth-order valence-corrected chi connectivity index (χ4v) is 2.38. The molecule has 0 spiro atoms. The lowest BCUT2D eigenvalue weighted by Crippen LogP contribution is -2.32. The summed E-state index contributed by atoms with van der Waals surface area (Å²) in [5.74, 6) is -0.318. The van der Waals surface area contributed by atoms with Gasteiger partial charge in [-0.1, -0.05) is 0 Å². The Bertz CT molecular complexity index is 671. The van der Waals surface area contributed by atoms with Gasteiger partial charge < -0.3 is 9.30 Å². The number of ketones is 1.